The molecule has 1 aliphatic rings. The maximum Gasteiger partial charge on any atom is 0.340 e. The Morgan fingerprint density at radius 3 is 1.48 bits per heavy atom. The van der Waals surface area contributed by atoms with Gasteiger partial charge in [-0.1, -0.05) is 36.4 Å². The number of carbonyl (C=O) groups is 2. The third kappa shape index (κ3) is 3.60. The van der Waals surface area contributed by atoms with Crippen molar-refractivity contribution in [2.24, 2.45) is 0 Å². The van der Waals surface area contributed by atoms with Gasteiger partial charge in [0, 0.05) is 24.5 Å². The predicted octanol–water partition coefficient (Wildman–Crippen LogP) is 3.37. The number of hydrogen-bond donors (Lipinski definition) is 2. The Balaban J connectivity index is 1.65. The molecule has 6 nitrogen and oxygen atoms in total. The van der Waals surface area contributed by atoms with Crippen LogP contribution in [-0.4, -0.2) is 35.2 Å². The van der Waals surface area contributed by atoms with Gasteiger partial charge in [0.2, 0.25) is 0 Å². The first-order valence-electron chi connectivity index (χ1n) is 7.51. The van der Waals surface area contributed by atoms with Crippen LogP contribution in [0.25, 0.3) is 0 Å². The molecule has 0 saturated carbocycles. The highest BCUT2D eigenvalue weighted by Gasteiger charge is 2.30. The highest BCUT2D eigenvalue weighted by molar-refractivity contribution is 5.94. The second-order valence-corrected chi connectivity index (χ2v) is 5.19. The van der Waals surface area contributed by atoms with E-state index in [1.165, 1.54) is 10.0 Å². The van der Waals surface area contributed by atoms with Crippen LogP contribution in [0.4, 0.5) is 21.0 Å². The van der Waals surface area contributed by atoms with Crippen molar-refractivity contribution in [1.29, 1.82) is 0 Å². The molecule has 0 spiro atoms. The molecule has 1 fully saturated rings. The topological polar surface area (TPSA) is 64.7 Å². The normalized spacial score (nSPS) is 13.7. The second kappa shape index (κ2) is 6.83. The number of urea groups is 2. The third-order valence-corrected chi connectivity index (χ3v) is 3.55. The van der Waals surface area contributed by atoms with Crippen LogP contribution >= 0.6 is 0 Å². The van der Waals surface area contributed by atoms with Gasteiger partial charge in [0.1, 0.15) is 0 Å². The fourth-order valence-electron chi connectivity index (χ4n) is 2.45. The summed E-state index contributed by atoms with van der Waals surface area (Å²) in [6, 6.07) is 17.8. The monoisotopic (exact) mass is 310 g/mol. The Labute approximate surface area is 134 Å². The zero-order valence-corrected chi connectivity index (χ0v) is 12.6. The average Bonchev–Trinajstić information content (AvgIpc) is 3.06. The maximum absolute atomic E-state index is 12.4. The minimum absolute atomic E-state index is 0.308. The lowest BCUT2D eigenvalue weighted by Gasteiger charge is -2.28. The maximum atomic E-state index is 12.4. The van der Waals surface area contributed by atoms with Gasteiger partial charge in [-0.3, -0.25) is 0 Å². The van der Waals surface area contributed by atoms with Crippen LogP contribution in [0.15, 0.2) is 60.7 Å². The van der Waals surface area contributed by atoms with E-state index in [0.717, 1.165) is 6.42 Å². The summed E-state index contributed by atoms with van der Waals surface area (Å²) in [7, 11) is 0. The number of nitrogens with zero attached hydrogens (tertiary/aromatic N) is 2. The number of para-hydroxylation sites is 2. The molecule has 2 aromatic rings. The van der Waals surface area contributed by atoms with Crippen molar-refractivity contribution in [2.45, 2.75) is 6.42 Å². The molecule has 1 aliphatic heterocycles. The molecular formula is C17H18N4O2. The van der Waals surface area contributed by atoms with Crippen molar-refractivity contribution in [3.63, 3.8) is 0 Å². The summed E-state index contributed by atoms with van der Waals surface area (Å²) in [5.74, 6) is 0. The van der Waals surface area contributed by atoms with Crippen molar-refractivity contribution in [1.82, 2.24) is 10.0 Å². The Hall–Kier alpha value is -3.02. The van der Waals surface area contributed by atoms with Crippen molar-refractivity contribution in [3.8, 4) is 0 Å². The molecule has 0 aromatic heterocycles. The van der Waals surface area contributed by atoms with Gasteiger partial charge in [-0.25, -0.2) is 19.6 Å². The second-order valence-electron chi connectivity index (χ2n) is 5.19. The minimum Gasteiger partial charge on any atom is -0.306 e. The number of anilines is 2. The average molecular weight is 310 g/mol. The van der Waals surface area contributed by atoms with E-state index in [9.17, 15) is 9.59 Å². The van der Waals surface area contributed by atoms with Gasteiger partial charge in [0.25, 0.3) is 0 Å². The summed E-state index contributed by atoms with van der Waals surface area (Å²) < 4.78 is 0. The van der Waals surface area contributed by atoms with Gasteiger partial charge in [-0.05, 0) is 30.7 Å². The number of carbonyl (C=O) groups excluding carboxylic acids is 2. The molecule has 0 bridgehead atoms. The van der Waals surface area contributed by atoms with Gasteiger partial charge in [-0.2, -0.15) is 0 Å². The molecular weight excluding hydrogens is 292 g/mol. The van der Waals surface area contributed by atoms with Gasteiger partial charge in [0.15, 0.2) is 0 Å². The van der Waals surface area contributed by atoms with Crippen molar-refractivity contribution >= 4 is 23.4 Å². The molecule has 0 unspecified atom stereocenters. The molecule has 0 radical (unpaired) electrons. The summed E-state index contributed by atoms with van der Waals surface area (Å²) in [5, 5.41) is 8.47. The zero-order chi connectivity index (χ0) is 16.1. The lowest BCUT2D eigenvalue weighted by molar-refractivity contribution is 0.103. The molecule has 4 amide bonds. The molecule has 23 heavy (non-hydrogen) atoms. The molecule has 3 rings (SSSR count). The number of hydrazine groups is 1. The van der Waals surface area contributed by atoms with E-state index in [2.05, 4.69) is 10.6 Å². The first kappa shape index (κ1) is 14.9. The fraction of sp³-hybridized carbons (Fsp3) is 0.176. The van der Waals surface area contributed by atoms with Crippen molar-refractivity contribution in [2.75, 3.05) is 23.7 Å². The number of nitrogens with one attached hydrogen (secondary N) is 2. The van der Waals surface area contributed by atoms with E-state index >= 15 is 0 Å². The van der Waals surface area contributed by atoms with E-state index in [1.54, 1.807) is 0 Å². The summed E-state index contributed by atoms with van der Waals surface area (Å²) >= 11 is 0. The highest BCUT2D eigenvalue weighted by atomic mass is 16.2. The Kier molecular flexibility index (Phi) is 4.42. The van der Waals surface area contributed by atoms with E-state index < -0.39 is 0 Å². The molecule has 2 N–H and O–H groups in total. The molecule has 1 saturated heterocycles. The standard InChI is InChI=1S/C17H18N4O2/c22-16(18-14-8-3-1-4-9-14)20-12-7-13-21(20)17(23)19-15-10-5-2-6-11-15/h1-6,8-11H,7,12-13H2,(H,18,22)(H,19,23). The number of benzene rings is 2. The minimum atomic E-state index is -0.308. The van der Waals surface area contributed by atoms with Gasteiger partial charge < -0.3 is 10.6 Å². The van der Waals surface area contributed by atoms with E-state index in [0.29, 0.717) is 24.5 Å². The molecule has 118 valence electrons. The Morgan fingerprint density at radius 2 is 1.09 bits per heavy atom. The number of hydrogen-bond acceptors (Lipinski definition) is 2. The smallest absolute Gasteiger partial charge is 0.306 e. The van der Waals surface area contributed by atoms with E-state index in [-0.39, 0.29) is 12.1 Å². The summed E-state index contributed by atoms with van der Waals surface area (Å²) in [6.45, 7) is 1.03. The first-order chi connectivity index (χ1) is 11.2. The Morgan fingerprint density at radius 1 is 0.696 bits per heavy atom. The number of rotatable bonds is 2. The summed E-state index contributed by atoms with van der Waals surface area (Å²) in [4.78, 5) is 24.8. The lowest BCUT2D eigenvalue weighted by Crippen LogP contribution is -2.48. The molecule has 0 aliphatic carbocycles. The zero-order valence-electron chi connectivity index (χ0n) is 12.6. The number of amides is 4. The van der Waals surface area contributed by atoms with Crippen molar-refractivity contribution < 1.29 is 9.59 Å². The van der Waals surface area contributed by atoms with Crippen LogP contribution in [-0.2, 0) is 0 Å². The fourth-order valence-corrected chi connectivity index (χ4v) is 2.45. The van der Waals surface area contributed by atoms with Crippen LogP contribution in [0.5, 0.6) is 0 Å². The van der Waals surface area contributed by atoms with Crippen LogP contribution in [0.2, 0.25) is 0 Å². The lowest BCUT2D eigenvalue weighted by atomic mass is 10.3. The van der Waals surface area contributed by atoms with Gasteiger partial charge in [0.05, 0.1) is 0 Å². The van der Waals surface area contributed by atoms with Crippen molar-refractivity contribution in [3.05, 3.63) is 60.7 Å². The quantitative estimate of drug-likeness (QED) is 0.893. The molecule has 6 heteroatoms. The third-order valence-electron chi connectivity index (χ3n) is 3.55. The molecule has 2 aromatic carbocycles. The molecule has 0 atom stereocenters. The summed E-state index contributed by atoms with van der Waals surface area (Å²) in [6.07, 6.45) is 0.754. The van der Waals surface area contributed by atoms with Gasteiger partial charge >= 0.3 is 12.1 Å². The van der Waals surface area contributed by atoms with Crippen LogP contribution in [0.3, 0.4) is 0 Å². The largest absolute Gasteiger partial charge is 0.340 e. The summed E-state index contributed by atoms with van der Waals surface area (Å²) in [5.41, 5.74) is 1.40. The van der Waals surface area contributed by atoms with E-state index in [1.807, 2.05) is 60.7 Å². The molecule has 1 heterocycles. The SMILES string of the molecule is O=C(Nc1ccccc1)N1CCCN1C(=O)Nc1ccccc1. The van der Waals surface area contributed by atoms with Crippen LogP contribution < -0.4 is 10.6 Å². The van der Waals surface area contributed by atoms with E-state index in [4.69, 9.17) is 0 Å². The first-order valence-corrected chi connectivity index (χ1v) is 7.51. The predicted molar refractivity (Wildman–Crippen MR) is 89.0 cm³/mol. The van der Waals surface area contributed by atoms with Gasteiger partial charge in [-0.15, -0.1) is 0 Å². The van der Waals surface area contributed by atoms with Crippen LogP contribution in [0.1, 0.15) is 6.42 Å². The highest BCUT2D eigenvalue weighted by Crippen LogP contribution is 2.16. The van der Waals surface area contributed by atoms with Crippen LogP contribution in [0, 0.1) is 0 Å². The Bertz CT molecular complexity index is 616.